The van der Waals surface area contributed by atoms with E-state index in [1.165, 1.54) is 30.3 Å². The predicted molar refractivity (Wildman–Crippen MR) is 114 cm³/mol. The van der Waals surface area contributed by atoms with Crippen molar-refractivity contribution < 1.29 is 26.3 Å². The highest BCUT2D eigenvalue weighted by Gasteiger charge is 2.58. The van der Waals surface area contributed by atoms with Crippen LogP contribution in [0.4, 0.5) is 26.3 Å². The number of alkyl halides is 5. The summed E-state index contributed by atoms with van der Waals surface area (Å²) in [6.07, 6.45) is 0.688. The molecule has 0 heterocycles. The van der Waals surface area contributed by atoms with Crippen molar-refractivity contribution in [1.82, 2.24) is 10.6 Å². The van der Waals surface area contributed by atoms with Crippen molar-refractivity contribution in [3.8, 4) is 0 Å². The maximum absolute atomic E-state index is 14.0. The molecular formula is C24H22F6N2. The lowest BCUT2D eigenvalue weighted by Gasteiger charge is -2.22. The molecule has 2 nitrogen and oxygen atoms in total. The van der Waals surface area contributed by atoms with Gasteiger partial charge in [-0.15, -0.1) is 0 Å². The van der Waals surface area contributed by atoms with Gasteiger partial charge in [0, 0.05) is 29.6 Å². The summed E-state index contributed by atoms with van der Waals surface area (Å²) >= 11 is 0. The molecule has 0 spiro atoms. The van der Waals surface area contributed by atoms with Crippen LogP contribution >= 0.6 is 0 Å². The Morgan fingerprint density at radius 2 is 1.69 bits per heavy atom. The van der Waals surface area contributed by atoms with Gasteiger partial charge in [-0.25, -0.2) is 4.39 Å². The molecular weight excluding hydrogens is 430 g/mol. The topological polar surface area (TPSA) is 24.1 Å². The van der Waals surface area contributed by atoms with E-state index in [9.17, 15) is 26.3 Å². The van der Waals surface area contributed by atoms with E-state index in [0.717, 1.165) is 18.2 Å². The van der Waals surface area contributed by atoms with Crippen molar-refractivity contribution in [3.63, 3.8) is 0 Å². The molecule has 0 aromatic heterocycles. The largest absolute Gasteiger partial charge is 0.458 e. The van der Waals surface area contributed by atoms with Crippen molar-refractivity contribution in [2.45, 2.75) is 18.5 Å². The minimum atomic E-state index is -5.74. The Labute approximate surface area is 182 Å². The molecule has 0 aliphatic rings. The van der Waals surface area contributed by atoms with E-state index < -0.39 is 23.5 Å². The molecule has 0 bridgehead atoms. The summed E-state index contributed by atoms with van der Waals surface area (Å²) in [4.78, 5) is 0. The van der Waals surface area contributed by atoms with Crippen LogP contribution in [-0.4, -0.2) is 13.2 Å². The molecule has 0 saturated carbocycles. The van der Waals surface area contributed by atoms with E-state index in [1.54, 1.807) is 25.4 Å². The number of hydrogen-bond donors (Lipinski definition) is 2. The Kier molecular flexibility index (Phi) is 7.97. The van der Waals surface area contributed by atoms with Crippen LogP contribution in [0.15, 0.2) is 85.7 Å². The van der Waals surface area contributed by atoms with E-state index in [0.29, 0.717) is 16.8 Å². The fourth-order valence-corrected chi connectivity index (χ4v) is 2.90. The lowest BCUT2D eigenvalue weighted by molar-refractivity contribution is -0.289. The average Bonchev–Trinajstić information content (AvgIpc) is 2.72. The molecule has 0 fully saturated rings. The molecule has 170 valence electrons. The van der Waals surface area contributed by atoms with Crippen LogP contribution in [0.2, 0.25) is 0 Å². The van der Waals surface area contributed by atoms with Crippen LogP contribution in [0.25, 0.3) is 5.70 Å². The van der Waals surface area contributed by atoms with Crippen molar-refractivity contribution in [1.29, 1.82) is 0 Å². The Balaban J connectivity index is 2.51. The molecule has 32 heavy (non-hydrogen) atoms. The number of hydrogen-bond acceptors (Lipinski definition) is 2. The fraction of sp³-hybridized carbons (Fsp3) is 0.167. The Morgan fingerprint density at radius 3 is 2.25 bits per heavy atom. The van der Waals surface area contributed by atoms with Gasteiger partial charge in [0.2, 0.25) is 0 Å². The van der Waals surface area contributed by atoms with Gasteiger partial charge in [0.25, 0.3) is 0 Å². The highest BCUT2D eigenvalue weighted by Crippen LogP contribution is 2.44. The number of nitrogens with one attached hydrogen (secondary N) is 2. The third-order valence-corrected chi connectivity index (χ3v) is 4.48. The molecule has 0 saturated heterocycles. The van der Waals surface area contributed by atoms with Gasteiger partial charge in [0.05, 0.1) is 0 Å². The zero-order valence-corrected chi connectivity index (χ0v) is 17.2. The molecule has 0 radical (unpaired) electrons. The molecule has 2 aromatic carbocycles. The highest BCUT2D eigenvalue weighted by molar-refractivity contribution is 5.68. The molecule has 0 aliphatic heterocycles. The molecule has 0 amide bonds. The second-order valence-electron chi connectivity index (χ2n) is 6.83. The number of allylic oxidation sites excluding steroid dienone is 3. The summed E-state index contributed by atoms with van der Waals surface area (Å²) in [5.74, 6) is -5.52. The summed E-state index contributed by atoms with van der Waals surface area (Å²) in [5, 5.41) is 5.80. The summed E-state index contributed by atoms with van der Waals surface area (Å²) in [6, 6.07) is 7.93. The summed E-state index contributed by atoms with van der Waals surface area (Å²) in [6.45, 7) is 7.51. The second-order valence-corrected chi connectivity index (χ2v) is 6.83. The van der Waals surface area contributed by atoms with E-state index in [1.807, 2.05) is 0 Å². The number of benzene rings is 2. The van der Waals surface area contributed by atoms with Crippen LogP contribution in [0, 0.1) is 5.82 Å². The van der Waals surface area contributed by atoms with Crippen LogP contribution in [0.5, 0.6) is 0 Å². The van der Waals surface area contributed by atoms with Gasteiger partial charge in [0.15, 0.2) is 0 Å². The molecule has 2 aromatic rings. The van der Waals surface area contributed by atoms with Crippen molar-refractivity contribution in [2.75, 3.05) is 7.05 Å². The maximum atomic E-state index is 14.0. The lowest BCUT2D eigenvalue weighted by atomic mass is 9.94. The zero-order chi connectivity index (χ0) is 23.9. The number of rotatable bonds is 9. The number of halogens is 6. The summed E-state index contributed by atoms with van der Waals surface area (Å²) < 4.78 is 79.9. The van der Waals surface area contributed by atoms with Gasteiger partial charge < -0.3 is 10.6 Å². The molecule has 2 rings (SSSR count). The standard InChI is InChI=1S/C24H22F6N2/c1-4-5-21(12-13-31-3)32-16(2)22-11-8-19(23(26,27)24(28,29)30)15-18(22)14-17-6-9-20(25)10-7-17/h4-13,15,31-32H,1-2,14H2,3H3/b13-12-,21-5+. The third-order valence-electron chi connectivity index (χ3n) is 4.48. The van der Waals surface area contributed by atoms with Gasteiger partial charge in [-0.1, -0.05) is 43.5 Å². The molecule has 0 unspecified atom stereocenters. The lowest BCUT2D eigenvalue weighted by Crippen LogP contribution is -2.33. The zero-order valence-electron chi connectivity index (χ0n) is 17.2. The van der Waals surface area contributed by atoms with E-state index in [-0.39, 0.29) is 17.7 Å². The first-order chi connectivity index (χ1) is 15.0. The predicted octanol–water partition coefficient (Wildman–Crippen LogP) is 6.43. The Morgan fingerprint density at radius 1 is 1.03 bits per heavy atom. The minimum absolute atomic E-state index is 0.00898. The fourth-order valence-electron chi connectivity index (χ4n) is 2.90. The first-order valence-corrected chi connectivity index (χ1v) is 9.44. The van der Waals surface area contributed by atoms with Crippen molar-refractivity contribution >= 4 is 5.70 Å². The summed E-state index contributed by atoms with van der Waals surface area (Å²) in [5.41, 5.74) is 0.685. The van der Waals surface area contributed by atoms with Crippen LogP contribution in [0.3, 0.4) is 0 Å². The Bertz CT molecular complexity index is 1020. The van der Waals surface area contributed by atoms with Crippen LogP contribution < -0.4 is 10.6 Å². The molecule has 2 N–H and O–H groups in total. The minimum Gasteiger partial charge on any atom is -0.394 e. The maximum Gasteiger partial charge on any atom is 0.458 e. The normalized spacial score (nSPS) is 12.7. The molecule has 8 heteroatoms. The van der Waals surface area contributed by atoms with E-state index >= 15 is 0 Å². The summed E-state index contributed by atoms with van der Waals surface area (Å²) in [7, 11) is 1.69. The first kappa shape index (κ1) is 24.8. The van der Waals surface area contributed by atoms with Crippen LogP contribution in [0.1, 0.15) is 22.3 Å². The monoisotopic (exact) mass is 452 g/mol. The van der Waals surface area contributed by atoms with Gasteiger partial charge in [0.1, 0.15) is 5.82 Å². The van der Waals surface area contributed by atoms with E-state index in [2.05, 4.69) is 23.8 Å². The van der Waals surface area contributed by atoms with Crippen molar-refractivity contribution in [3.05, 3.63) is 114 Å². The van der Waals surface area contributed by atoms with Gasteiger partial charge in [-0.3, -0.25) is 0 Å². The van der Waals surface area contributed by atoms with E-state index in [4.69, 9.17) is 0 Å². The molecule has 0 aliphatic carbocycles. The SMILES string of the molecule is C=C/C=C(\C=C/NC)NC(=C)c1ccc(C(F)(F)C(F)(F)F)cc1Cc1ccc(F)cc1. The smallest absolute Gasteiger partial charge is 0.394 e. The second kappa shape index (κ2) is 10.3. The van der Waals surface area contributed by atoms with Gasteiger partial charge in [-0.2, -0.15) is 22.0 Å². The van der Waals surface area contributed by atoms with Gasteiger partial charge >= 0.3 is 12.1 Å². The molecule has 0 atom stereocenters. The van der Waals surface area contributed by atoms with Gasteiger partial charge in [-0.05, 0) is 54.1 Å². The quantitative estimate of drug-likeness (QED) is 0.338. The highest BCUT2D eigenvalue weighted by atomic mass is 19.4. The van der Waals surface area contributed by atoms with Crippen molar-refractivity contribution in [2.24, 2.45) is 0 Å². The third kappa shape index (κ3) is 6.06. The Hall–Kier alpha value is -3.42. The first-order valence-electron chi connectivity index (χ1n) is 9.44. The van der Waals surface area contributed by atoms with Crippen LogP contribution in [-0.2, 0) is 12.3 Å². The average molecular weight is 452 g/mol.